The first kappa shape index (κ1) is 26.5. The molecule has 1 saturated carbocycles. The second kappa shape index (κ2) is 8.79. The van der Waals surface area contributed by atoms with E-state index in [0.29, 0.717) is 12.8 Å². The van der Waals surface area contributed by atoms with Gasteiger partial charge in [-0.25, -0.2) is 8.42 Å². The minimum atomic E-state index is -4.93. The number of halogens is 6. The Labute approximate surface area is 205 Å². The third-order valence-corrected chi connectivity index (χ3v) is 7.90. The van der Waals surface area contributed by atoms with E-state index in [1.165, 1.54) is 42.6 Å². The second-order valence-electron chi connectivity index (χ2n) is 10.4. The molecule has 0 radical (unpaired) electrons. The number of alkyl halides is 6. The molecule has 0 unspecified atom stereocenters. The zero-order chi connectivity index (χ0) is 26.7. The molecule has 1 aliphatic carbocycles. The molecule has 1 atom stereocenters. The van der Waals surface area contributed by atoms with Crippen LogP contribution < -0.4 is 4.72 Å². The molecule has 4 rings (SSSR count). The molecule has 3 aromatic rings. The zero-order valence-electron chi connectivity index (χ0n) is 19.8. The van der Waals surface area contributed by atoms with Crippen molar-refractivity contribution in [2.45, 2.75) is 63.8 Å². The van der Waals surface area contributed by atoms with Gasteiger partial charge in [0.1, 0.15) is 6.04 Å². The highest BCUT2D eigenvalue weighted by Crippen LogP contribution is 2.42. The molecule has 11 heteroatoms. The monoisotopic (exact) mass is 532 g/mol. The average Bonchev–Trinajstić information content (AvgIpc) is 3.55. The summed E-state index contributed by atoms with van der Waals surface area (Å²) < 4.78 is 112. The normalized spacial score (nSPS) is 16.5. The van der Waals surface area contributed by atoms with Crippen molar-refractivity contribution in [2.75, 3.05) is 0 Å². The fraction of sp³-hybridized carbons (Fsp3) is 0.440. The summed E-state index contributed by atoms with van der Waals surface area (Å²) >= 11 is 0. The highest BCUT2D eigenvalue weighted by molar-refractivity contribution is 7.90. The molecule has 0 saturated heterocycles. The fourth-order valence-corrected chi connectivity index (χ4v) is 5.83. The first-order valence-corrected chi connectivity index (χ1v) is 12.9. The summed E-state index contributed by atoms with van der Waals surface area (Å²) in [7, 11) is -4.19. The summed E-state index contributed by atoms with van der Waals surface area (Å²) in [4.78, 5) is 0. The van der Waals surface area contributed by atoms with Gasteiger partial charge >= 0.3 is 12.4 Å². The Balaban J connectivity index is 1.91. The lowest BCUT2D eigenvalue weighted by Crippen LogP contribution is -2.39. The highest BCUT2D eigenvalue weighted by Gasteiger charge is 2.47. The van der Waals surface area contributed by atoms with Crippen LogP contribution >= 0.6 is 0 Å². The third kappa shape index (κ3) is 5.56. The van der Waals surface area contributed by atoms with Crippen molar-refractivity contribution in [2.24, 2.45) is 5.41 Å². The maximum absolute atomic E-state index is 14.2. The number of sulfonamides is 1. The summed E-state index contributed by atoms with van der Waals surface area (Å²) in [5.41, 5.74) is -1.15. The van der Waals surface area contributed by atoms with Crippen LogP contribution in [0.25, 0.3) is 22.0 Å². The Morgan fingerprint density at radius 3 is 2.19 bits per heavy atom. The standard InChI is InChI=1S/C25H26F6N2O2S/c1-23(2,3)14-33-13-19(22(25(29,30)31)32-36(34,35)16-9-10-16)18-11-8-15(12-21(18)33)17-6-4-5-7-20(17)24(26,27)28/h4-8,11-13,16,22,32H,9-10,14H2,1-3H3/t22-/m0/s1. The van der Waals surface area contributed by atoms with Crippen LogP contribution in [0.2, 0.25) is 0 Å². The summed E-state index contributed by atoms with van der Waals surface area (Å²) in [6.45, 7) is 5.88. The number of benzene rings is 2. The van der Waals surface area contributed by atoms with Gasteiger partial charge in [-0.15, -0.1) is 0 Å². The lowest BCUT2D eigenvalue weighted by Gasteiger charge is -2.22. The highest BCUT2D eigenvalue weighted by atomic mass is 32.2. The van der Waals surface area contributed by atoms with Gasteiger partial charge in [0.25, 0.3) is 0 Å². The van der Waals surface area contributed by atoms with Crippen LogP contribution in [-0.2, 0) is 22.7 Å². The Bertz CT molecular complexity index is 1380. The molecule has 0 aliphatic heterocycles. The van der Waals surface area contributed by atoms with Gasteiger partial charge in [0.15, 0.2) is 0 Å². The van der Waals surface area contributed by atoms with E-state index >= 15 is 0 Å². The predicted octanol–water partition coefficient (Wildman–Crippen LogP) is 7.06. The van der Waals surface area contributed by atoms with Gasteiger partial charge in [0.2, 0.25) is 10.0 Å². The number of fused-ring (bicyclic) bond motifs is 1. The quantitative estimate of drug-likeness (QED) is 0.346. The number of hydrogen-bond acceptors (Lipinski definition) is 2. The van der Waals surface area contributed by atoms with E-state index in [1.54, 1.807) is 4.57 Å². The molecule has 1 aliphatic rings. The molecule has 0 spiro atoms. The average molecular weight is 533 g/mol. The van der Waals surface area contributed by atoms with E-state index in [2.05, 4.69) is 0 Å². The van der Waals surface area contributed by atoms with Crippen molar-refractivity contribution < 1.29 is 34.8 Å². The maximum atomic E-state index is 14.2. The fourth-order valence-electron chi connectivity index (χ4n) is 4.29. The molecule has 0 bridgehead atoms. The Morgan fingerprint density at radius 1 is 1.00 bits per heavy atom. The van der Waals surface area contributed by atoms with Crippen molar-refractivity contribution in [1.29, 1.82) is 0 Å². The van der Waals surface area contributed by atoms with Gasteiger partial charge in [-0.3, -0.25) is 0 Å². The van der Waals surface area contributed by atoms with Crippen LogP contribution in [0.15, 0.2) is 48.7 Å². The lowest BCUT2D eigenvalue weighted by molar-refractivity contribution is -0.152. The predicted molar refractivity (Wildman–Crippen MR) is 126 cm³/mol. The molecular weight excluding hydrogens is 506 g/mol. The van der Waals surface area contributed by atoms with Crippen LogP contribution in [-0.4, -0.2) is 24.4 Å². The minimum absolute atomic E-state index is 0.0984. The smallest absolute Gasteiger partial charge is 0.347 e. The van der Waals surface area contributed by atoms with Crippen LogP contribution in [0.1, 0.15) is 50.8 Å². The Morgan fingerprint density at radius 2 is 1.64 bits per heavy atom. The van der Waals surface area contributed by atoms with Gasteiger partial charge in [-0.2, -0.15) is 31.1 Å². The molecule has 4 nitrogen and oxygen atoms in total. The Kier molecular flexibility index (Phi) is 6.48. The van der Waals surface area contributed by atoms with E-state index in [4.69, 9.17) is 0 Å². The SMILES string of the molecule is CC(C)(C)Cn1cc([C@H](NS(=O)(=O)C2CC2)C(F)(F)F)c2ccc(-c3ccccc3C(F)(F)F)cc21. The van der Waals surface area contributed by atoms with Gasteiger partial charge < -0.3 is 4.57 Å². The van der Waals surface area contributed by atoms with Crippen LogP contribution in [0.5, 0.6) is 0 Å². The number of aromatic nitrogens is 1. The second-order valence-corrected chi connectivity index (χ2v) is 12.4. The molecule has 2 aromatic carbocycles. The first-order chi connectivity index (χ1) is 16.5. The van der Waals surface area contributed by atoms with Gasteiger partial charge in [0.05, 0.1) is 10.8 Å². The number of rotatable bonds is 6. The summed E-state index contributed by atoms with van der Waals surface area (Å²) in [6, 6.07) is 6.59. The first-order valence-electron chi connectivity index (χ1n) is 11.3. The van der Waals surface area contributed by atoms with E-state index < -0.39 is 39.2 Å². The number of nitrogens with one attached hydrogen (secondary N) is 1. The van der Waals surface area contributed by atoms with Crippen molar-refractivity contribution in [1.82, 2.24) is 9.29 Å². The molecule has 1 heterocycles. The number of nitrogens with zero attached hydrogens (tertiary/aromatic N) is 1. The summed E-state index contributed by atoms with van der Waals surface area (Å²) in [5.74, 6) is 0. The van der Waals surface area contributed by atoms with Crippen LogP contribution in [0.3, 0.4) is 0 Å². The minimum Gasteiger partial charge on any atom is -0.347 e. The summed E-state index contributed by atoms with van der Waals surface area (Å²) in [6.07, 6.45) is -7.69. The topological polar surface area (TPSA) is 51.1 Å². The van der Waals surface area contributed by atoms with E-state index in [-0.39, 0.29) is 39.6 Å². The largest absolute Gasteiger partial charge is 0.417 e. The van der Waals surface area contributed by atoms with Crippen molar-refractivity contribution in [3.63, 3.8) is 0 Å². The molecule has 1 fully saturated rings. The number of hydrogen-bond donors (Lipinski definition) is 1. The van der Waals surface area contributed by atoms with E-state index in [9.17, 15) is 34.8 Å². The van der Waals surface area contributed by atoms with Gasteiger partial charge in [-0.05, 0) is 41.5 Å². The van der Waals surface area contributed by atoms with E-state index in [0.717, 1.165) is 6.07 Å². The van der Waals surface area contributed by atoms with Gasteiger partial charge in [0, 0.05) is 29.2 Å². The summed E-state index contributed by atoms with van der Waals surface area (Å²) in [5, 5.41) is -0.732. The van der Waals surface area contributed by atoms with Gasteiger partial charge in [-0.1, -0.05) is 51.1 Å². The van der Waals surface area contributed by atoms with Crippen LogP contribution in [0.4, 0.5) is 26.3 Å². The molecule has 0 amide bonds. The molecule has 1 N–H and O–H groups in total. The maximum Gasteiger partial charge on any atom is 0.417 e. The van der Waals surface area contributed by atoms with Crippen molar-refractivity contribution in [3.05, 3.63) is 59.8 Å². The molecular formula is C25H26F6N2O2S. The van der Waals surface area contributed by atoms with Crippen molar-refractivity contribution >= 4 is 20.9 Å². The molecule has 196 valence electrons. The Hall–Kier alpha value is -2.53. The van der Waals surface area contributed by atoms with Crippen LogP contribution in [0, 0.1) is 5.41 Å². The van der Waals surface area contributed by atoms with Crippen molar-refractivity contribution in [3.8, 4) is 11.1 Å². The molecule has 1 aromatic heterocycles. The lowest BCUT2D eigenvalue weighted by atomic mass is 9.96. The zero-order valence-corrected chi connectivity index (χ0v) is 20.7. The molecule has 36 heavy (non-hydrogen) atoms. The van der Waals surface area contributed by atoms with E-state index in [1.807, 2.05) is 25.5 Å². The third-order valence-electron chi connectivity index (χ3n) is 5.98.